The topological polar surface area (TPSA) is 102 Å². The molecule has 0 radical (unpaired) electrons. The standard InChI is InChI=1S/C29H39N5O5/c1-29(2,3)39-28(38)31-10-8-18(9-11-31)14-32-16-22-13-21(32)17-33(22)20-4-5-23-19(12-20)15-34(27(23)37)24-6-7-25(35)30-26(24)36/h4-5,12,18,21-22,24H,6-11,13-17H2,1-3H3,(H,30,35,36). The van der Waals surface area contributed by atoms with Gasteiger partial charge in [0.15, 0.2) is 0 Å². The summed E-state index contributed by atoms with van der Waals surface area (Å²) in [6, 6.07) is 6.46. The molecule has 6 rings (SSSR count). The monoisotopic (exact) mass is 537 g/mol. The van der Waals surface area contributed by atoms with Crippen LogP contribution in [0.5, 0.6) is 0 Å². The molecule has 210 valence electrons. The minimum absolute atomic E-state index is 0.127. The van der Waals surface area contributed by atoms with Gasteiger partial charge in [0.2, 0.25) is 11.8 Å². The molecule has 3 atom stereocenters. The van der Waals surface area contributed by atoms with Crippen LogP contribution in [0.1, 0.15) is 68.8 Å². The molecule has 2 bridgehead atoms. The Morgan fingerprint density at radius 2 is 1.79 bits per heavy atom. The molecule has 1 aromatic rings. The number of fused-ring (bicyclic) bond motifs is 3. The molecular weight excluding hydrogens is 498 g/mol. The zero-order chi connectivity index (χ0) is 27.5. The molecule has 5 heterocycles. The number of piperidine rings is 2. The molecule has 0 aromatic heterocycles. The second-order valence-electron chi connectivity index (χ2n) is 12.8. The second kappa shape index (κ2) is 9.80. The summed E-state index contributed by atoms with van der Waals surface area (Å²) >= 11 is 0. The third kappa shape index (κ3) is 5.11. The van der Waals surface area contributed by atoms with Crippen LogP contribution in [-0.2, 0) is 20.9 Å². The zero-order valence-electron chi connectivity index (χ0n) is 23.1. The van der Waals surface area contributed by atoms with Gasteiger partial charge >= 0.3 is 6.09 Å². The number of nitrogens with one attached hydrogen (secondary N) is 1. The van der Waals surface area contributed by atoms with Crippen molar-refractivity contribution in [1.82, 2.24) is 20.0 Å². The summed E-state index contributed by atoms with van der Waals surface area (Å²) < 4.78 is 5.54. The van der Waals surface area contributed by atoms with Crippen molar-refractivity contribution in [2.75, 3.05) is 37.6 Å². The summed E-state index contributed by atoms with van der Waals surface area (Å²) in [6.07, 6.45) is 3.61. The van der Waals surface area contributed by atoms with E-state index in [-0.39, 0.29) is 30.2 Å². The Morgan fingerprint density at radius 1 is 1.03 bits per heavy atom. The number of benzene rings is 1. The quantitative estimate of drug-likeness (QED) is 0.589. The lowest BCUT2D eigenvalue weighted by atomic mass is 9.96. The van der Waals surface area contributed by atoms with Crippen molar-refractivity contribution in [1.29, 1.82) is 0 Å². The lowest BCUT2D eigenvalue weighted by Gasteiger charge is -2.39. The number of hydrogen-bond donors (Lipinski definition) is 1. The Balaban J connectivity index is 1.03. The molecule has 0 aliphatic carbocycles. The molecule has 1 N–H and O–H groups in total. The summed E-state index contributed by atoms with van der Waals surface area (Å²) in [4.78, 5) is 57.9. The number of likely N-dealkylation sites (tertiary alicyclic amines) is 2. The van der Waals surface area contributed by atoms with E-state index in [0.29, 0.717) is 36.5 Å². The number of amides is 4. The van der Waals surface area contributed by atoms with Crippen LogP contribution < -0.4 is 10.2 Å². The molecule has 5 aliphatic heterocycles. The predicted molar refractivity (Wildman–Crippen MR) is 144 cm³/mol. The van der Waals surface area contributed by atoms with Gasteiger partial charge in [-0.15, -0.1) is 0 Å². The predicted octanol–water partition coefficient (Wildman–Crippen LogP) is 2.36. The van der Waals surface area contributed by atoms with Crippen LogP contribution in [0.25, 0.3) is 0 Å². The smallest absolute Gasteiger partial charge is 0.410 e. The largest absolute Gasteiger partial charge is 0.444 e. The zero-order valence-corrected chi connectivity index (χ0v) is 23.1. The first-order chi connectivity index (χ1) is 18.6. The van der Waals surface area contributed by atoms with E-state index in [1.807, 2.05) is 37.8 Å². The lowest BCUT2D eigenvalue weighted by Crippen LogP contribution is -2.52. The molecule has 4 fully saturated rings. The highest BCUT2D eigenvalue weighted by Crippen LogP contribution is 2.38. The number of rotatable bonds is 4. The van der Waals surface area contributed by atoms with E-state index < -0.39 is 11.6 Å². The van der Waals surface area contributed by atoms with Crippen LogP contribution in [0.2, 0.25) is 0 Å². The molecule has 4 saturated heterocycles. The van der Waals surface area contributed by atoms with Gasteiger partial charge in [0, 0.05) is 69.0 Å². The van der Waals surface area contributed by atoms with Gasteiger partial charge in [-0.3, -0.25) is 24.6 Å². The minimum atomic E-state index is -0.585. The van der Waals surface area contributed by atoms with Gasteiger partial charge in [0.1, 0.15) is 11.6 Å². The second-order valence-corrected chi connectivity index (χ2v) is 12.8. The Hall–Kier alpha value is -3.14. The van der Waals surface area contributed by atoms with Gasteiger partial charge in [-0.2, -0.15) is 0 Å². The molecule has 5 aliphatic rings. The van der Waals surface area contributed by atoms with Crippen LogP contribution in [0, 0.1) is 5.92 Å². The molecule has 4 amide bonds. The number of anilines is 1. The van der Waals surface area contributed by atoms with E-state index in [9.17, 15) is 19.2 Å². The van der Waals surface area contributed by atoms with E-state index in [0.717, 1.165) is 63.2 Å². The summed E-state index contributed by atoms with van der Waals surface area (Å²) in [6.45, 7) is 10.7. The SMILES string of the molecule is CC(C)(C)OC(=O)N1CCC(CN2CC3CC2CN3c2ccc3c(c2)CN(C2CCC(=O)NC2=O)C3=O)CC1. The van der Waals surface area contributed by atoms with Crippen molar-refractivity contribution < 1.29 is 23.9 Å². The first-order valence-corrected chi connectivity index (χ1v) is 14.3. The van der Waals surface area contributed by atoms with Crippen molar-refractivity contribution in [2.24, 2.45) is 5.92 Å². The fraction of sp³-hybridized carbons (Fsp3) is 0.655. The molecule has 10 nitrogen and oxygen atoms in total. The first kappa shape index (κ1) is 26.1. The van der Waals surface area contributed by atoms with Crippen LogP contribution in [0.4, 0.5) is 10.5 Å². The van der Waals surface area contributed by atoms with Crippen LogP contribution >= 0.6 is 0 Å². The van der Waals surface area contributed by atoms with Crippen LogP contribution in [-0.4, -0.2) is 95.0 Å². The number of carbonyl (C=O) groups excluding carboxylic acids is 4. The maximum atomic E-state index is 13.0. The van der Waals surface area contributed by atoms with Crippen LogP contribution in [0.3, 0.4) is 0 Å². The lowest BCUT2D eigenvalue weighted by molar-refractivity contribution is -0.136. The van der Waals surface area contributed by atoms with Gasteiger partial charge in [-0.05, 0) is 76.1 Å². The third-order valence-electron chi connectivity index (χ3n) is 8.95. The van der Waals surface area contributed by atoms with E-state index in [2.05, 4.69) is 21.2 Å². The fourth-order valence-corrected chi connectivity index (χ4v) is 6.98. The highest BCUT2D eigenvalue weighted by Gasteiger charge is 2.45. The molecule has 3 unspecified atom stereocenters. The van der Waals surface area contributed by atoms with Gasteiger partial charge in [0.25, 0.3) is 5.91 Å². The summed E-state index contributed by atoms with van der Waals surface area (Å²) in [5, 5.41) is 2.37. The van der Waals surface area contributed by atoms with Crippen molar-refractivity contribution in [2.45, 2.75) is 83.1 Å². The number of carbonyl (C=O) groups is 4. The maximum absolute atomic E-state index is 13.0. The van der Waals surface area contributed by atoms with Crippen molar-refractivity contribution in [3.8, 4) is 0 Å². The average molecular weight is 538 g/mol. The van der Waals surface area contributed by atoms with E-state index >= 15 is 0 Å². The Morgan fingerprint density at radius 3 is 2.46 bits per heavy atom. The highest BCUT2D eigenvalue weighted by molar-refractivity contribution is 6.05. The molecule has 1 aromatic carbocycles. The van der Waals surface area contributed by atoms with Crippen LogP contribution in [0.15, 0.2) is 18.2 Å². The molecule has 10 heteroatoms. The van der Waals surface area contributed by atoms with Crippen molar-refractivity contribution in [3.63, 3.8) is 0 Å². The third-order valence-corrected chi connectivity index (χ3v) is 8.95. The number of piperazine rings is 1. The van der Waals surface area contributed by atoms with Gasteiger partial charge in [-0.1, -0.05) is 0 Å². The fourth-order valence-electron chi connectivity index (χ4n) is 6.98. The molecule has 0 spiro atoms. The number of imide groups is 1. The van der Waals surface area contributed by atoms with Crippen molar-refractivity contribution in [3.05, 3.63) is 29.3 Å². The van der Waals surface area contributed by atoms with Crippen molar-refractivity contribution >= 4 is 29.5 Å². The summed E-state index contributed by atoms with van der Waals surface area (Å²) in [7, 11) is 0. The van der Waals surface area contributed by atoms with E-state index in [1.165, 1.54) is 0 Å². The number of ether oxygens (including phenoxy) is 1. The van der Waals surface area contributed by atoms with Gasteiger partial charge < -0.3 is 19.4 Å². The molecule has 39 heavy (non-hydrogen) atoms. The minimum Gasteiger partial charge on any atom is -0.444 e. The number of nitrogens with zero attached hydrogens (tertiary/aromatic N) is 4. The molecular formula is C29H39N5O5. The van der Waals surface area contributed by atoms with E-state index in [1.54, 1.807) is 4.90 Å². The molecule has 0 saturated carbocycles. The van der Waals surface area contributed by atoms with E-state index in [4.69, 9.17) is 4.74 Å². The average Bonchev–Trinajstić information content (AvgIpc) is 3.56. The van der Waals surface area contributed by atoms with Gasteiger partial charge in [-0.25, -0.2) is 4.79 Å². The summed E-state index contributed by atoms with van der Waals surface area (Å²) in [5.41, 5.74) is 2.30. The Kier molecular flexibility index (Phi) is 6.56. The Bertz CT molecular complexity index is 1190. The maximum Gasteiger partial charge on any atom is 0.410 e. The normalized spacial score (nSPS) is 27.8. The first-order valence-electron chi connectivity index (χ1n) is 14.3. The van der Waals surface area contributed by atoms with Gasteiger partial charge in [0.05, 0.1) is 0 Å². The highest BCUT2D eigenvalue weighted by atomic mass is 16.6. The number of hydrogen-bond acceptors (Lipinski definition) is 7. The Labute approximate surface area is 229 Å². The summed E-state index contributed by atoms with van der Waals surface area (Å²) in [5.74, 6) is -0.175.